The van der Waals surface area contributed by atoms with Crippen molar-refractivity contribution >= 4 is 51.1 Å². The molecule has 0 bridgehead atoms. The minimum absolute atomic E-state index is 0.0492. The van der Waals surface area contributed by atoms with E-state index in [-0.39, 0.29) is 42.1 Å². The van der Waals surface area contributed by atoms with Gasteiger partial charge in [-0.1, -0.05) is 18.1 Å². The monoisotopic (exact) mass is 710 g/mol. The Balaban J connectivity index is 0.955. The number of pyridine rings is 1. The van der Waals surface area contributed by atoms with Crippen LogP contribution in [0.3, 0.4) is 0 Å². The first kappa shape index (κ1) is 33.4. The summed E-state index contributed by atoms with van der Waals surface area (Å²) in [5, 5.41) is 5.95. The number of aryl methyl sites for hydroxylation is 4. The highest BCUT2D eigenvalue weighted by atomic mass is 16.5. The van der Waals surface area contributed by atoms with Gasteiger partial charge >= 0.3 is 5.69 Å². The molecular weight excluding hydrogens is 676 g/mol. The number of amides is 3. The van der Waals surface area contributed by atoms with E-state index in [2.05, 4.69) is 37.3 Å². The number of ether oxygens (including phenoxy) is 1. The average Bonchev–Trinajstić information content (AvgIpc) is 3.67. The molecule has 0 aliphatic carbocycles. The molecule has 0 spiro atoms. The molecule has 1 atom stereocenters. The molecule has 2 aliphatic rings. The Morgan fingerprint density at radius 3 is 2.70 bits per heavy atom. The molecule has 8 rings (SSSR count). The SMILES string of the molecule is Cc1cc(-c2ncc3c(n2)OCCN3c2cc(C)c3c(c2)n(C)c(=O)n3C)cnc1C(=O)NCC#Cc1cc2c(C3CCC(=O)NC3=O)cccc2o1. The third-order valence-corrected chi connectivity index (χ3v) is 9.74. The normalized spacial score (nSPS) is 15.5. The van der Waals surface area contributed by atoms with Crippen molar-refractivity contribution in [2.75, 3.05) is 24.6 Å². The van der Waals surface area contributed by atoms with Gasteiger partial charge in [-0.15, -0.1) is 0 Å². The smallest absolute Gasteiger partial charge is 0.328 e. The van der Waals surface area contributed by atoms with Crippen molar-refractivity contribution in [1.29, 1.82) is 0 Å². The Kier molecular flexibility index (Phi) is 8.25. The number of imidazole rings is 1. The van der Waals surface area contributed by atoms with Crippen molar-refractivity contribution in [1.82, 2.24) is 34.7 Å². The molecule has 266 valence electrons. The Morgan fingerprint density at radius 1 is 1.04 bits per heavy atom. The Morgan fingerprint density at radius 2 is 1.89 bits per heavy atom. The zero-order valence-electron chi connectivity index (χ0n) is 29.4. The average molecular weight is 711 g/mol. The predicted molar refractivity (Wildman–Crippen MR) is 196 cm³/mol. The van der Waals surface area contributed by atoms with Crippen molar-refractivity contribution in [3.63, 3.8) is 0 Å². The molecule has 2 aromatic carbocycles. The number of imide groups is 1. The molecule has 1 fully saturated rings. The highest BCUT2D eigenvalue weighted by Crippen LogP contribution is 2.38. The lowest BCUT2D eigenvalue weighted by molar-refractivity contribution is -0.134. The number of benzene rings is 2. The van der Waals surface area contributed by atoms with Gasteiger partial charge in [0.2, 0.25) is 17.7 Å². The summed E-state index contributed by atoms with van der Waals surface area (Å²) in [5.41, 5.74) is 7.11. The van der Waals surface area contributed by atoms with Gasteiger partial charge in [-0.3, -0.25) is 33.8 Å². The molecule has 2 aliphatic heterocycles. The highest BCUT2D eigenvalue weighted by Gasteiger charge is 2.30. The fourth-order valence-electron chi connectivity index (χ4n) is 7.14. The molecule has 0 radical (unpaired) electrons. The van der Waals surface area contributed by atoms with Crippen molar-refractivity contribution in [2.45, 2.75) is 32.6 Å². The van der Waals surface area contributed by atoms with Gasteiger partial charge in [0.15, 0.2) is 11.6 Å². The molecule has 3 amide bonds. The fraction of sp³-hybridized carbons (Fsp3) is 0.256. The Hall–Kier alpha value is -6.75. The maximum atomic E-state index is 13.0. The van der Waals surface area contributed by atoms with Gasteiger partial charge in [0.05, 0.1) is 36.2 Å². The first-order chi connectivity index (χ1) is 25.6. The van der Waals surface area contributed by atoms with Gasteiger partial charge in [-0.2, -0.15) is 4.98 Å². The molecular formula is C39H34N8O6. The van der Waals surface area contributed by atoms with Crippen LogP contribution in [0.5, 0.6) is 5.88 Å². The van der Waals surface area contributed by atoms with Gasteiger partial charge in [-0.05, 0) is 67.1 Å². The number of fused-ring (bicyclic) bond motifs is 3. The van der Waals surface area contributed by atoms with E-state index in [4.69, 9.17) is 14.1 Å². The van der Waals surface area contributed by atoms with Crippen LogP contribution in [0.25, 0.3) is 33.4 Å². The van der Waals surface area contributed by atoms with Gasteiger partial charge in [0, 0.05) is 49.4 Å². The molecule has 4 aromatic heterocycles. The van der Waals surface area contributed by atoms with Crippen LogP contribution >= 0.6 is 0 Å². The molecule has 2 N–H and O–H groups in total. The van der Waals surface area contributed by atoms with E-state index in [0.717, 1.165) is 33.2 Å². The number of hydrogen-bond donors (Lipinski definition) is 2. The minimum Gasteiger partial charge on any atom is -0.474 e. The maximum Gasteiger partial charge on any atom is 0.328 e. The second kappa shape index (κ2) is 13.1. The number of hydrogen-bond acceptors (Lipinski definition) is 10. The maximum absolute atomic E-state index is 13.0. The number of furan rings is 1. The molecule has 6 heterocycles. The van der Waals surface area contributed by atoms with Crippen molar-refractivity contribution in [3.05, 3.63) is 93.5 Å². The van der Waals surface area contributed by atoms with Crippen LogP contribution in [-0.2, 0) is 23.7 Å². The number of carbonyl (C=O) groups excluding carboxylic acids is 3. The highest BCUT2D eigenvalue weighted by molar-refractivity contribution is 6.03. The molecule has 0 saturated carbocycles. The summed E-state index contributed by atoms with van der Waals surface area (Å²) in [5.74, 6) is 5.66. The lowest BCUT2D eigenvalue weighted by Gasteiger charge is -2.30. The van der Waals surface area contributed by atoms with Crippen molar-refractivity contribution in [2.24, 2.45) is 14.1 Å². The lowest BCUT2D eigenvalue weighted by Crippen LogP contribution is -2.39. The quantitative estimate of drug-likeness (QED) is 0.198. The summed E-state index contributed by atoms with van der Waals surface area (Å²) in [6.07, 6.45) is 3.98. The number of nitrogens with zero attached hydrogens (tertiary/aromatic N) is 6. The van der Waals surface area contributed by atoms with E-state index in [1.54, 1.807) is 60.7 Å². The number of nitrogens with one attached hydrogen (secondary N) is 2. The summed E-state index contributed by atoms with van der Waals surface area (Å²) in [6.45, 7) is 4.82. The van der Waals surface area contributed by atoms with Gasteiger partial charge < -0.3 is 19.4 Å². The number of aromatic nitrogens is 5. The molecule has 6 aromatic rings. The zero-order valence-corrected chi connectivity index (χ0v) is 29.4. The number of anilines is 2. The molecule has 14 nitrogen and oxygen atoms in total. The zero-order chi connectivity index (χ0) is 37.0. The summed E-state index contributed by atoms with van der Waals surface area (Å²) < 4.78 is 15.1. The Labute approximate surface area is 302 Å². The van der Waals surface area contributed by atoms with E-state index >= 15 is 0 Å². The molecule has 1 saturated heterocycles. The van der Waals surface area contributed by atoms with Crippen molar-refractivity contribution < 1.29 is 23.5 Å². The number of carbonyl (C=O) groups is 3. The first-order valence-corrected chi connectivity index (χ1v) is 17.1. The van der Waals surface area contributed by atoms with Crippen LogP contribution in [0.4, 0.5) is 11.4 Å². The molecule has 53 heavy (non-hydrogen) atoms. The van der Waals surface area contributed by atoms with E-state index < -0.39 is 5.92 Å². The van der Waals surface area contributed by atoms with E-state index in [1.165, 1.54) is 0 Å². The fourth-order valence-corrected chi connectivity index (χ4v) is 7.14. The van der Waals surface area contributed by atoms with Crippen LogP contribution < -0.4 is 26.0 Å². The third-order valence-electron chi connectivity index (χ3n) is 9.74. The summed E-state index contributed by atoms with van der Waals surface area (Å²) in [4.78, 5) is 65.6. The van der Waals surface area contributed by atoms with Crippen LogP contribution in [0.15, 0.2) is 64.1 Å². The van der Waals surface area contributed by atoms with Crippen LogP contribution in [0, 0.1) is 25.7 Å². The standard InChI is InChI=1S/C39H34N8O6/c1-21-15-23(35-42-20-30-38(44-35)52-14-13-47(30)24-16-22(2)34-29(17-24)45(3)39(51)46(34)4)19-41-33(21)37(50)40-12-6-7-25-18-28-26(8-5-9-31(28)53-25)27-10-11-32(48)43-36(27)49/h5,8-9,15-20,27H,10-14H2,1-4H3,(H,40,50)(H,43,48,49). The van der Waals surface area contributed by atoms with Gasteiger partial charge in [0.25, 0.3) is 5.91 Å². The number of rotatable bonds is 5. The molecule has 14 heteroatoms. The third kappa shape index (κ3) is 5.95. The van der Waals surface area contributed by atoms with Crippen LogP contribution in [0.2, 0.25) is 0 Å². The summed E-state index contributed by atoms with van der Waals surface area (Å²) in [7, 11) is 3.54. The van der Waals surface area contributed by atoms with E-state index in [9.17, 15) is 19.2 Å². The number of piperidine rings is 1. The van der Waals surface area contributed by atoms with Crippen LogP contribution in [0.1, 0.15) is 51.7 Å². The van der Waals surface area contributed by atoms with Gasteiger partial charge in [0.1, 0.15) is 23.6 Å². The van der Waals surface area contributed by atoms with E-state index in [0.29, 0.717) is 59.4 Å². The topological polar surface area (TPSA) is 166 Å². The van der Waals surface area contributed by atoms with E-state index in [1.807, 2.05) is 31.2 Å². The second-order valence-corrected chi connectivity index (χ2v) is 13.2. The van der Waals surface area contributed by atoms with Crippen molar-refractivity contribution in [3.8, 4) is 29.1 Å². The Bertz CT molecular complexity index is 2640. The molecule has 1 unspecified atom stereocenters. The predicted octanol–water partition coefficient (Wildman–Crippen LogP) is 3.92. The largest absolute Gasteiger partial charge is 0.474 e. The first-order valence-electron chi connectivity index (χ1n) is 17.1. The summed E-state index contributed by atoms with van der Waals surface area (Å²) >= 11 is 0. The van der Waals surface area contributed by atoms with Crippen LogP contribution in [-0.4, -0.2) is 61.5 Å². The van der Waals surface area contributed by atoms with Gasteiger partial charge in [-0.25, -0.2) is 9.78 Å². The second-order valence-electron chi connectivity index (χ2n) is 13.2. The summed E-state index contributed by atoms with van der Waals surface area (Å²) in [6, 6.07) is 13.1. The lowest BCUT2D eigenvalue weighted by atomic mass is 9.88. The minimum atomic E-state index is -0.446.